The van der Waals surface area contributed by atoms with Crippen LogP contribution >= 0.6 is 0 Å². The fourth-order valence-corrected chi connectivity index (χ4v) is 1.44. The molecule has 0 spiro atoms. The molecule has 6 nitrogen and oxygen atoms in total. The van der Waals surface area contributed by atoms with Crippen molar-refractivity contribution in [2.24, 2.45) is 10.8 Å². The molecule has 0 unspecified atom stereocenters. The van der Waals surface area contributed by atoms with E-state index in [2.05, 4.69) is 10.5 Å². The monoisotopic (exact) mass is 251 g/mol. The summed E-state index contributed by atoms with van der Waals surface area (Å²) in [5.41, 5.74) is 8.69. The number of carbonyl (C=O) groups is 1. The molecule has 18 heavy (non-hydrogen) atoms. The van der Waals surface area contributed by atoms with Crippen molar-refractivity contribution in [1.29, 1.82) is 0 Å². The second-order valence-electron chi connectivity index (χ2n) is 3.49. The summed E-state index contributed by atoms with van der Waals surface area (Å²) in [6, 6.07) is 4.69. The summed E-state index contributed by atoms with van der Waals surface area (Å²) >= 11 is 0. The van der Waals surface area contributed by atoms with Crippen LogP contribution in [0, 0.1) is 0 Å². The zero-order valence-electron chi connectivity index (χ0n) is 10.7. The van der Waals surface area contributed by atoms with E-state index in [1.165, 1.54) is 0 Å². The summed E-state index contributed by atoms with van der Waals surface area (Å²) < 4.78 is 10.3. The topological polar surface area (TPSA) is 85.9 Å². The highest BCUT2D eigenvalue weighted by Crippen LogP contribution is 2.23. The van der Waals surface area contributed by atoms with E-state index in [9.17, 15) is 4.79 Å². The van der Waals surface area contributed by atoms with Crippen molar-refractivity contribution in [1.82, 2.24) is 5.43 Å². The van der Waals surface area contributed by atoms with Crippen LogP contribution in [0.25, 0.3) is 0 Å². The van der Waals surface area contributed by atoms with Gasteiger partial charge in [0.2, 0.25) is 0 Å². The molecule has 1 aromatic rings. The molecule has 2 amide bonds. The van der Waals surface area contributed by atoms with Gasteiger partial charge >= 0.3 is 6.03 Å². The Morgan fingerprint density at radius 3 is 2.22 bits per heavy atom. The van der Waals surface area contributed by atoms with Crippen LogP contribution in [0.1, 0.15) is 18.9 Å². The Morgan fingerprint density at radius 2 is 1.83 bits per heavy atom. The van der Waals surface area contributed by atoms with Crippen molar-refractivity contribution in [3.8, 4) is 11.5 Å². The number of hydrogen-bond donors (Lipinski definition) is 2. The fraction of sp³-hybridized carbons (Fsp3) is 0.333. The lowest BCUT2D eigenvalue weighted by Gasteiger charge is -2.09. The average Bonchev–Trinajstić information content (AvgIpc) is 2.38. The summed E-state index contributed by atoms with van der Waals surface area (Å²) in [5.74, 6) is 1.31. The number of primary amides is 1. The van der Waals surface area contributed by atoms with E-state index >= 15 is 0 Å². The van der Waals surface area contributed by atoms with Crippen LogP contribution in [-0.2, 0) is 0 Å². The van der Waals surface area contributed by atoms with Gasteiger partial charge in [-0.2, -0.15) is 5.10 Å². The molecule has 0 radical (unpaired) electrons. The molecule has 0 aliphatic rings. The molecule has 0 aromatic heterocycles. The van der Waals surface area contributed by atoms with Gasteiger partial charge in [-0.1, -0.05) is 6.92 Å². The van der Waals surface area contributed by atoms with Crippen molar-refractivity contribution >= 4 is 11.7 Å². The fourth-order valence-electron chi connectivity index (χ4n) is 1.44. The first-order valence-electron chi connectivity index (χ1n) is 5.46. The maximum absolute atomic E-state index is 10.7. The number of nitrogens with zero attached hydrogens (tertiary/aromatic N) is 1. The molecule has 0 atom stereocenters. The highest BCUT2D eigenvalue weighted by molar-refractivity contribution is 6.01. The number of hydrogen-bond acceptors (Lipinski definition) is 4. The largest absolute Gasteiger partial charge is 0.497 e. The molecule has 6 heteroatoms. The first-order valence-corrected chi connectivity index (χ1v) is 5.46. The third-order valence-electron chi connectivity index (χ3n) is 2.32. The molecular weight excluding hydrogens is 234 g/mol. The van der Waals surface area contributed by atoms with Crippen LogP contribution in [0.3, 0.4) is 0 Å². The second-order valence-corrected chi connectivity index (χ2v) is 3.49. The zero-order valence-corrected chi connectivity index (χ0v) is 10.7. The Balaban J connectivity index is 3.11. The molecule has 98 valence electrons. The van der Waals surface area contributed by atoms with Gasteiger partial charge in [0.15, 0.2) is 0 Å². The van der Waals surface area contributed by atoms with Crippen LogP contribution in [0.5, 0.6) is 11.5 Å². The van der Waals surface area contributed by atoms with E-state index in [-0.39, 0.29) is 0 Å². The summed E-state index contributed by atoms with van der Waals surface area (Å²) in [4.78, 5) is 10.7. The van der Waals surface area contributed by atoms with Crippen molar-refractivity contribution in [2.45, 2.75) is 13.3 Å². The van der Waals surface area contributed by atoms with Crippen LogP contribution in [0.2, 0.25) is 0 Å². The lowest BCUT2D eigenvalue weighted by Crippen LogP contribution is -2.25. The smallest absolute Gasteiger partial charge is 0.332 e. The molecule has 1 aromatic carbocycles. The number of urea groups is 1. The van der Waals surface area contributed by atoms with Crippen LogP contribution < -0.4 is 20.6 Å². The van der Waals surface area contributed by atoms with E-state index < -0.39 is 6.03 Å². The molecule has 0 aliphatic carbocycles. The number of nitrogens with two attached hydrogens (primary N) is 1. The molecule has 1 rings (SSSR count). The van der Waals surface area contributed by atoms with Gasteiger partial charge in [0.05, 0.1) is 19.9 Å². The maximum Gasteiger partial charge on any atom is 0.332 e. The number of rotatable bonds is 5. The highest BCUT2D eigenvalue weighted by atomic mass is 16.5. The number of ether oxygens (including phenoxy) is 2. The number of hydrazone groups is 1. The molecule has 3 N–H and O–H groups in total. The normalized spacial score (nSPS) is 10.9. The van der Waals surface area contributed by atoms with Gasteiger partial charge in [-0.05, 0) is 18.6 Å². The van der Waals surface area contributed by atoms with Gasteiger partial charge in [0.25, 0.3) is 0 Å². The lowest BCUT2D eigenvalue weighted by molar-refractivity contribution is 0.249. The zero-order chi connectivity index (χ0) is 13.5. The Labute approximate surface area is 106 Å². The Kier molecular flexibility index (Phi) is 4.98. The van der Waals surface area contributed by atoms with Crippen molar-refractivity contribution in [3.63, 3.8) is 0 Å². The van der Waals surface area contributed by atoms with E-state index in [0.29, 0.717) is 23.6 Å². The van der Waals surface area contributed by atoms with Crippen LogP contribution in [-0.4, -0.2) is 26.0 Å². The predicted molar refractivity (Wildman–Crippen MR) is 69.1 cm³/mol. The average molecular weight is 251 g/mol. The number of nitrogens with one attached hydrogen (secondary N) is 1. The van der Waals surface area contributed by atoms with Gasteiger partial charge in [-0.15, -0.1) is 0 Å². The molecule has 0 bridgehead atoms. The molecule has 0 saturated carbocycles. The van der Waals surface area contributed by atoms with Crippen LogP contribution in [0.15, 0.2) is 23.3 Å². The number of amides is 2. The third kappa shape index (κ3) is 3.65. The summed E-state index contributed by atoms with van der Waals surface area (Å²) in [6.07, 6.45) is 0.636. The van der Waals surface area contributed by atoms with Gasteiger partial charge in [0, 0.05) is 11.6 Å². The molecule has 0 saturated heterocycles. The lowest BCUT2D eigenvalue weighted by atomic mass is 10.1. The Morgan fingerprint density at radius 1 is 1.28 bits per heavy atom. The molecule has 0 fully saturated rings. The first kappa shape index (κ1) is 13.8. The SMILES string of the molecule is CCC(=NNC(N)=O)c1cc(OC)cc(OC)c1. The van der Waals surface area contributed by atoms with Gasteiger partial charge in [-0.25, -0.2) is 10.2 Å². The minimum atomic E-state index is -0.698. The Hall–Kier alpha value is -2.24. The molecule has 0 aliphatic heterocycles. The summed E-state index contributed by atoms with van der Waals surface area (Å²) in [7, 11) is 3.14. The van der Waals surface area contributed by atoms with Gasteiger partial charge in [-0.3, -0.25) is 0 Å². The quantitative estimate of drug-likeness (QED) is 0.614. The number of benzene rings is 1. The van der Waals surface area contributed by atoms with Crippen molar-refractivity contribution < 1.29 is 14.3 Å². The van der Waals surface area contributed by atoms with Crippen molar-refractivity contribution in [2.75, 3.05) is 14.2 Å². The molecular formula is C12H17N3O3. The van der Waals surface area contributed by atoms with Gasteiger partial charge in [0.1, 0.15) is 11.5 Å². The third-order valence-corrected chi connectivity index (χ3v) is 2.32. The van der Waals surface area contributed by atoms with E-state index in [1.807, 2.05) is 19.1 Å². The second kappa shape index (κ2) is 6.48. The Bertz CT molecular complexity index is 436. The minimum absolute atomic E-state index is 0.636. The maximum atomic E-state index is 10.7. The molecule has 0 heterocycles. The highest BCUT2D eigenvalue weighted by Gasteiger charge is 2.07. The first-order chi connectivity index (χ1) is 8.60. The summed E-state index contributed by atoms with van der Waals surface area (Å²) in [5, 5.41) is 3.94. The standard InChI is InChI=1S/C12H17N3O3/c1-4-11(14-15-12(13)16)8-5-9(17-2)7-10(6-8)18-3/h5-7H,4H2,1-3H3,(H3,13,15,16). The van der Waals surface area contributed by atoms with Gasteiger partial charge < -0.3 is 15.2 Å². The minimum Gasteiger partial charge on any atom is -0.497 e. The van der Waals surface area contributed by atoms with Crippen LogP contribution in [0.4, 0.5) is 4.79 Å². The summed E-state index contributed by atoms with van der Waals surface area (Å²) in [6.45, 7) is 1.92. The van der Waals surface area contributed by atoms with E-state index in [1.54, 1.807) is 20.3 Å². The van der Waals surface area contributed by atoms with E-state index in [0.717, 1.165) is 5.56 Å². The number of carbonyl (C=O) groups excluding carboxylic acids is 1. The number of methoxy groups -OCH3 is 2. The predicted octanol–water partition coefficient (Wildman–Crippen LogP) is 1.49. The van der Waals surface area contributed by atoms with E-state index in [4.69, 9.17) is 15.2 Å². The van der Waals surface area contributed by atoms with Crippen molar-refractivity contribution in [3.05, 3.63) is 23.8 Å².